The quantitative estimate of drug-likeness (QED) is 0.273. The zero-order valence-electron chi connectivity index (χ0n) is 18.5. The highest BCUT2D eigenvalue weighted by atomic mass is 19.1. The first-order chi connectivity index (χ1) is 15.3. The fourth-order valence-corrected chi connectivity index (χ4v) is 4.38. The fourth-order valence-electron chi connectivity index (χ4n) is 4.38. The Balaban J connectivity index is 1.86. The molecule has 0 spiro atoms. The van der Waals surface area contributed by atoms with Gasteiger partial charge in [-0.05, 0) is 53.8 Å². The highest BCUT2D eigenvalue weighted by molar-refractivity contribution is 6.13. The molecule has 2 aromatic heterocycles. The van der Waals surface area contributed by atoms with Crippen molar-refractivity contribution in [2.45, 2.75) is 26.7 Å². The third kappa shape index (κ3) is 3.18. The second kappa shape index (κ2) is 7.56. The first kappa shape index (κ1) is 20.4. The molecule has 0 N–H and O–H groups in total. The monoisotopic (exact) mass is 428 g/mol. The van der Waals surface area contributed by atoms with Gasteiger partial charge in [0.15, 0.2) is 6.20 Å². The van der Waals surface area contributed by atoms with Crippen molar-refractivity contribution in [3.63, 3.8) is 0 Å². The number of hydrogen-bond acceptors (Lipinski definition) is 1. The van der Waals surface area contributed by atoms with E-state index in [1.165, 1.54) is 23.8 Å². The summed E-state index contributed by atoms with van der Waals surface area (Å²) < 4.78 is 37.0. The molecule has 0 radical (unpaired) electrons. The maximum atomic E-state index is 15.0. The predicted octanol–water partition coefficient (Wildman–Crippen LogP) is 7.45. The van der Waals surface area contributed by atoms with Gasteiger partial charge in [-0.3, -0.25) is 0 Å². The molecule has 0 fully saturated rings. The molecule has 0 aliphatic rings. The van der Waals surface area contributed by atoms with Crippen LogP contribution in [0, 0.1) is 18.6 Å². The highest BCUT2D eigenvalue weighted by Crippen LogP contribution is 2.41. The normalized spacial score (nSPS) is 11.7. The number of benzene rings is 3. The van der Waals surface area contributed by atoms with Gasteiger partial charge in [0.1, 0.15) is 29.8 Å². The minimum absolute atomic E-state index is 0.350. The minimum atomic E-state index is -0.395. The number of fused-ring (bicyclic) bond motifs is 3. The van der Waals surface area contributed by atoms with E-state index in [2.05, 4.69) is 49.7 Å². The van der Waals surface area contributed by atoms with Gasteiger partial charge in [-0.25, -0.2) is 13.3 Å². The van der Waals surface area contributed by atoms with Crippen LogP contribution in [-0.4, -0.2) is 0 Å². The van der Waals surface area contributed by atoms with Gasteiger partial charge in [-0.2, -0.15) is 0 Å². The number of pyridine rings is 1. The molecule has 0 saturated carbocycles. The number of halogens is 2. The Morgan fingerprint density at radius 3 is 2.16 bits per heavy atom. The number of furan rings is 1. The largest absolute Gasteiger partial charge is 0.454 e. The third-order valence-corrected chi connectivity index (χ3v) is 6.20. The molecule has 0 amide bonds. The Hall–Kier alpha value is -3.53. The van der Waals surface area contributed by atoms with Crippen LogP contribution in [0.2, 0.25) is 0 Å². The second-order valence-corrected chi connectivity index (χ2v) is 8.65. The molecule has 2 heterocycles. The molecular weight excluding hydrogens is 404 g/mol. The van der Waals surface area contributed by atoms with Crippen molar-refractivity contribution in [2.24, 2.45) is 7.05 Å². The van der Waals surface area contributed by atoms with E-state index in [-0.39, 0.29) is 5.82 Å². The lowest BCUT2D eigenvalue weighted by Gasteiger charge is -2.09. The SMILES string of the molecule is Cc1ccc2c(oc3c(-c4ccc(F)cc4)c(F)ccc32)c1-c1cc(C(C)C)cc[n+]1C. The van der Waals surface area contributed by atoms with Gasteiger partial charge in [0.05, 0.1) is 11.1 Å². The van der Waals surface area contributed by atoms with Crippen LogP contribution in [0.4, 0.5) is 8.78 Å². The maximum absolute atomic E-state index is 15.0. The summed E-state index contributed by atoms with van der Waals surface area (Å²) in [4.78, 5) is 0. The fraction of sp³-hybridized carbons (Fsp3) is 0.179. The van der Waals surface area contributed by atoms with E-state index in [1.807, 2.05) is 13.1 Å². The van der Waals surface area contributed by atoms with Gasteiger partial charge >= 0.3 is 0 Å². The number of rotatable bonds is 3. The van der Waals surface area contributed by atoms with Gasteiger partial charge < -0.3 is 4.42 Å². The summed E-state index contributed by atoms with van der Waals surface area (Å²) in [5.41, 5.74) is 6.49. The zero-order valence-corrected chi connectivity index (χ0v) is 18.5. The van der Waals surface area contributed by atoms with Crippen molar-refractivity contribution in [1.82, 2.24) is 0 Å². The van der Waals surface area contributed by atoms with Crippen LogP contribution in [0.3, 0.4) is 0 Å². The summed E-state index contributed by atoms with van der Waals surface area (Å²) in [7, 11) is 2.02. The van der Waals surface area contributed by atoms with Crippen LogP contribution in [0.5, 0.6) is 0 Å². The minimum Gasteiger partial charge on any atom is -0.454 e. The smallest absolute Gasteiger partial charge is 0.216 e. The molecule has 5 rings (SSSR count). The Morgan fingerprint density at radius 1 is 0.812 bits per heavy atom. The molecular formula is C28H24F2NO+. The van der Waals surface area contributed by atoms with Crippen LogP contribution in [0.15, 0.2) is 71.3 Å². The number of aryl methyl sites for hydroxylation is 2. The number of nitrogens with zero attached hydrogens (tertiary/aromatic N) is 1. The molecule has 0 atom stereocenters. The predicted molar refractivity (Wildman–Crippen MR) is 125 cm³/mol. The van der Waals surface area contributed by atoms with Gasteiger partial charge in [-0.1, -0.05) is 38.1 Å². The first-order valence-corrected chi connectivity index (χ1v) is 10.8. The van der Waals surface area contributed by atoms with Crippen molar-refractivity contribution < 1.29 is 17.8 Å². The van der Waals surface area contributed by atoms with Crippen molar-refractivity contribution in [3.8, 4) is 22.4 Å². The van der Waals surface area contributed by atoms with Crippen LogP contribution in [0.25, 0.3) is 44.3 Å². The molecule has 0 unspecified atom stereocenters. The van der Waals surface area contributed by atoms with Gasteiger partial charge in [0.25, 0.3) is 0 Å². The topological polar surface area (TPSA) is 17.0 Å². The maximum Gasteiger partial charge on any atom is 0.216 e. The third-order valence-electron chi connectivity index (χ3n) is 6.20. The molecule has 3 aromatic carbocycles. The summed E-state index contributed by atoms with van der Waals surface area (Å²) in [6.07, 6.45) is 2.06. The average Bonchev–Trinajstić information content (AvgIpc) is 3.13. The molecule has 32 heavy (non-hydrogen) atoms. The zero-order chi connectivity index (χ0) is 22.6. The Morgan fingerprint density at radius 2 is 1.47 bits per heavy atom. The second-order valence-electron chi connectivity index (χ2n) is 8.65. The molecule has 0 aliphatic carbocycles. The van der Waals surface area contributed by atoms with Crippen LogP contribution in [-0.2, 0) is 7.05 Å². The van der Waals surface area contributed by atoms with Crippen LogP contribution in [0.1, 0.15) is 30.9 Å². The van der Waals surface area contributed by atoms with Gasteiger partial charge in [0, 0.05) is 22.9 Å². The van der Waals surface area contributed by atoms with Crippen molar-refractivity contribution >= 4 is 21.9 Å². The van der Waals surface area contributed by atoms with E-state index in [1.54, 1.807) is 18.2 Å². The van der Waals surface area contributed by atoms with Crippen LogP contribution >= 0.6 is 0 Å². The van der Waals surface area contributed by atoms with Crippen molar-refractivity contribution in [3.05, 3.63) is 89.6 Å². The molecule has 4 heteroatoms. The van der Waals surface area contributed by atoms with E-state index in [9.17, 15) is 8.78 Å². The van der Waals surface area contributed by atoms with Crippen molar-refractivity contribution in [2.75, 3.05) is 0 Å². The molecule has 2 nitrogen and oxygen atoms in total. The van der Waals surface area contributed by atoms with E-state index < -0.39 is 5.82 Å². The lowest BCUT2D eigenvalue weighted by Crippen LogP contribution is -2.31. The Labute approximate surface area is 185 Å². The molecule has 0 aliphatic heterocycles. The number of aromatic nitrogens is 1. The van der Waals surface area contributed by atoms with Crippen LogP contribution < -0.4 is 4.57 Å². The Bertz CT molecular complexity index is 1480. The highest BCUT2D eigenvalue weighted by Gasteiger charge is 2.23. The molecule has 0 bridgehead atoms. The summed E-state index contributed by atoms with van der Waals surface area (Å²) in [5, 5.41) is 1.77. The van der Waals surface area contributed by atoms with Gasteiger partial charge in [-0.15, -0.1) is 0 Å². The van der Waals surface area contributed by atoms with Gasteiger partial charge in [0.2, 0.25) is 5.69 Å². The summed E-state index contributed by atoms with van der Waals surface area (Å²) in [6, 6.07) is 17.5. The molecule has 0 saturated heterocycles. The summed E-state index contributed by atoms with van der Waals surface area (Å²) in [5.74, 6) is -0.362. The van der Waals surface area contributed by atoms with E-state index in [4.69, 9.17) is 4.42 Å². The lowest BCUT2D eigenvalue weighted by molar-refractivity contribution is -0.660. The summed E-state index contributed by atoms with van der Waals surface area (Å²) in [6.45, 7) is 6.41. The number of hydrogen-bond donors (Lipinski definition) is 0. The van der Waals surface area contributed by atoms with E-state index >= 15 is 0 Å². The Kier molecular flexibility index (Phi) is 4.81. The van der Waals surface area contributed by atoms with Crippen molar-refractivity contribution in [1.29, 1.82) is 0 Å². The van der Waals surface area contributed by atoms with E-state index in [0.717, 1.165) is 33.2 Å². The lowest BCUT2D eigenvalue weighted by atomic mass is 9.96. The average molecular weight is 429 g/mol. The summed E-state index contributed by atoms with van der Waals surface area (Å²) >= 11 is 0. The first-order valence-electron chi connectivity index (χ1n) is 10.8. The standard InChI is InChI=1S/C28H24F2NO/c1-16(2)19-13-14-31(4)24(15-19)25-17(3)5-10-21-22-11-12-23(30)26(28(22)32-27(21)25)18-6-8-20(29)9-7-18/h5-16H,1-4H3/q+1. The molecule has 160 valence electrons. The van der Waals surface area contributed by atoms with E-state index in [0.29, 0.717) is 22.6 Å². The molecule has 5 aromatic rings.